The molecule has 1 aromatic rings. The summed E-state index contributed by atoms with van der Waals surface area (Å²) in [6, 6.07) is 8.66. The molecule has 0 unspecified atom stereocenters. The molecule has 9 heteroatoms. The summed E-state index contributed by atoms with van der Waals surface area (Å²) in [6.45, 7) is 1.02. The zero-order valence-corrected chi connectivity index (χ0v) is 13.4. The van der Waals surface area contributed by atoms with E-state index in [0.717, 1.165) is 0 Å². The Kier molecular flexibility index (Phi) is 4.05. The fraction of sp³-hybridized carbons (Fsp3) is 0.500. The largest absolute Gasteiger partial charge is 0.480 e. The minimum atomic E-state index is -3.84. The molecule has 2 heterocycles. The number of nitrogens with one attached hydrogen (secondary N) is 1. The lowest BCUT2D eigenvalue weighted by Crippen LogP contribution is -2.62. The fourth-order valence-electron chi connectivity index (χ4n) is 2.84. The number of benzene rings is 1. The number of carbonyl (C=O) groups is 1. The van der Waals surface area contributed by atoms with E-state index in [4.69, 9.17) is 5.73 Å². The first-order valence-corrected chi connectivity index (χ1v) is 8.82. The first-order chi connectivity index (χ1) is 10.8. The van der Waals surface area contributed by atoms with Gasteiger partial charge in [-0.2, -0.15) is 12.7 Å². The summed E-state index contributed by atoms with van der Waals surface area (Å²) in [7, 11) is -3.84. The van der Waals surface area contributed by atoms with Gasteiger partial charge in [-0.15, -0.1) is 0 Å². The number of carboxylic acid groups (broad SMARTS) is 1. The van der Waals surface area contributed by atoms with E-state index in [0.29, 0.717) is 18.8 Å². The zero-order valence-electron chi connectivity index (χ0n) is 12.6. The maximum atomic E-state index is 13.1. The van der Waals surface area contributed by atoms with Crippen molar-refractivity contribution in [2.24, 2.45) is 5.73 Å². The van der Waals surface area contributed by atoms with Crippen molar-refractivity contribution in [1.29, 1.82) is 0 Å². The summed E-state index contributed by atoms with van der Waals surface area (Å²) in [6.07, 6.45) is 0.104. The molecule has 3 rings (SSSR count). The highest BCUT2D eigenvalue weighted by Crippen LogP contribution is 2.29. The highest BCUT2D eigenvalue weighted by Gasteiger charge is 2.48. The van der Waals surface area contributed by atoms with Crippen molar-refractivity contribution in [2.75, 3.05) is 30.5 Å². The summed E-state index contributed by atoms with van der Waals surface area (Å²) in [5, 5.41) is 12.3. The van der Waals surface area contributed by atoms with Crippen LogP contribution in [0.4, 0.5) is 5.69 Å². The van der Waals surface area contributed by atoms with Crippen LogP contribution >= 0.6 is 0 Å². The summed E-state index contributed by atoms with van der Waals surface area (Å²) in [5.41, 5.74) is 4.87. The number of anilines is 1. The van der Waals surface area contributed by atoms with E-state index in [1.54, 1.807) is 24.3 Å². The molecular weight excluding hydrogens is 320 g/mol. The SMILES string of the molecule is N[C@]1(C(=O)O)CCN(S(=O)(=O)N(c2ccccc2)C2CNC2)C1. The Morgan fingerprint density at radius 3 is 2.48 bits per heavy atom. The van der Waals surface area contributed by atoms with Crippen LogP contribution in [-0.2, 0) is 15.0 Å². The van der Waals surface area contributed by atoms with Crippen LogP contribution in [0.1, 0.15) is 6.42 Å². The first-order valence-electron chi connectivity index (χ1n) is 7.42. The molecule has 1 atom stereocenters. The summed E-state index contributed by atoms with van der Waals surface area (Å²) >= 11 is 0. The van der Waals surface area contributed by atoms with Crippen molar-refractivity contribution in [2.45, 2.75) is 18.0 Å². The smallest absolute Gasteiger partial charge is 0.325 e. The molecule has 0 bridgehead atoms. The van der Waals surface area contributed by atoms with E-state index in [9.17, 15) is 18.3 Å². The van der Waals surface area contributed by atoms with Gasteiger partial charge in [0.2, 0.25) is 0 Å². The third-order valence-corrected chi connectivity index (χ3v) is 6.34. The standard InChI is InChI=1S/C14H20N4O4S/c15-14(13(19)20)6-7-17(10-14)23(21,22)18(12-8-16-9-12)11-4-2-1-3-5-11/h1-5,12,16H,6-10,15H2,(H,19,20)/t14-/m1/s1. The lowest BCUT2D eigenvalue weighted by atomic mass is 10.0. The molecule has 2 aliphatic heterocycles. The van der Waals surface area contributed by atoms with E-state index < -0.39 is 21.7 Å². The molecule has 2 aliphatic rings. The molecule has 126 valence electrons. The minimum Gasteiger partial charge on any atom is -0.480 e. The Morgan fingerprint density at radius 2 is 2.00 bits per heavy atom. The second-order valence-corrected chi connectivity index (χ2v) is 7.80. The Balaban J connectivity index is 1.91. The molecule has 1 aromatic carbocycles. The van der Waals surface area contributed by atoms with Crippen molar-refractivity contribution in [1.82, 2.24) is 9.62 Å². The van der Waals surface area contributed by atoms with Crippen LogP contribution < -0.4 is 15.4 Å². The molecule has 0 saturated carbocycles. The average Bonchev–Trinajstić information content (AvgIpc) is 2.88. The molecule has 0 aromatic heterocycles. The molecule has 4 N–H and O–H groups in total. The number of rotatable bonds is 5. The maximum absolute atomic E-state index is 13.1. The van der Waals surface area contributed by atoms with Crippen molar-refractivity contribution >= 4 is 21.9 Å². The van der Waals surface area contributed by atoms with E-state index in [1.807, 2.05) is 6.07 Å². The van der Waals surface area contributed by atoms with Gasteiger partial charge in [0.1, 0.15) is 5.54 Å². The van der Waals surface area contributed by atoms with Gasteiger partial charge >= 0.3 is 16.2 Å². The normalized spacial score (nSPS) is 26.0. The van der Waals surface area contributed by atoms with Crippen LogP contribution in [0.5, 0.6) is 0 Å². The third kappa shape index (κ3) is 2.80. The second kappa shape index (κ2) is 5.75. The van der Waals surface area contributed by atoms with Gasteiger partial charge < -0.3 is 16.2 Å². The number of nitrogens with zero attached hydrogens (tertiary/aromatic N) is 2. The minimum absolute atomic E-state index is 0.104. The van der Waals surface area contributed by atoms with Gasteiger partial charge in [0.25, 0.3) is 0 Å². The molecule has 0 amide bonds. The third-order valence-electron chi connectivity index (χ3n) is 4.37. The van der Waals surface area contributed by atoms with Gasteiger partial charge in [-0.25, -0.2) is 0 Å². The maximum Gasteiger partial charge on any atom is 0.325 e. The summed E-state index contributed by atoms with van der Waals surface area (Å²) in [4.78, 5) is 11.3. The Hall–Kier alpha value is -1.68. The van der Waals surface area contributed by atoms with E-state index in [2.05, 4.69) is 5.32 Å². The zero-order chi connectivity index (χ0) is 16.7. The van der Waals surface area contributed by atoms with Crippen molar-refractivity contribution in [3.63, 3.8) is 0 Å². The Labute approximate surface area is 135 Å². The molecule has 23 heavy (non-hydrogen) atoms. The lowest BCUT2D eigenvalue weighted by Gasteiger charge is -2.40. The molecule has 0 spiro atoms. The molecule has 0 radical (unpaired) electrons. The van der Waals surface area contributed by atoms with Gasteiger partial charge in [-0.05, 0) is 18.6 Å². The number of hydrogen-bond acceptors (Lipinski definition) is 5. The predicted octanol–water partition coefficient (Wildman–Crippen LogP) is -0.803. The second-order valence-electron chi connectivity index (χ2n) is 6.00. The summed E-state index contributed by atoms with van der Waals surface area (Å²) in [5.74, 6) is -1.17. The number of carboxylic acids is 1. The number of hydrogen-bond donors (Lipinski definition) is 3. The van der Waals surface area contributed by atoms with Crippen LogP contribution in [-0.4, -0.2) is 61.6 Å². The monoisotopic (exact) mass is 340 g/mol. The van der Waals surface area contributed by atoms with Crippen LogP contribution in [0.2, 0.25) is 0 Å². The number of para-hydroxylation sites is 1. The summed E-state index contributed by atoms with van der Waals surface area (Å²) < 4.78 is 28.7. The van der Waals surface area contributed by atoms with Crippen LogP contribution in [0.3, 0.4) is 0 Å². The molecular formula is C14H20N4O4S. The van der Waals surface area contributed by atoms with Gasteiger partial charge in [0.15, 0.2) is 0 Å². The van der Waals surface area contributed by atoms with Gasteiger partial charge in [0, 0.05) is 26.2 Å². The molecule has 2 fully saturated rings. The molecule has 2 saturated heterocycles. The van der Waals surface area contributed by atoms with Gasteiger partial charge in [-0.3, -0.25) is 9.10 Å². The lowest BCUT2D eigenvalue weighted by molar-refractivity contribution is -0.142. The molecule has 8 nitrogen and oxygen atoms in total. The van der Waals surface area contributed by atoms with E-state index in [-0.39, 0.29) is 25.6 Å². The average molecular weight is 340 g/mol. The van der Waals surface area contributed by atoms with Crippen LogP contribution in [0.25, 0.3) is 0 Å². The highest BCUT2D eigenvalue weighted by molar-refractivity contribution is 7.90. The molecule has 0 aliphatic carbocycles. The van der Waals surface area contributed by atoms with Gasteiger partial charge in [-0.1, -0.05) is 18.2 Å². The predicted molar refractivity (Wildman–Crippen MR) is 85.2 cm³/mol. The number of nitrogens with two attached hydrogens (primary N) is 1. The van der Waals surface area contributed by atoms with E-state index in [1.165, 1.54) is 8.61 Å². The van der Waals surface area contributed by atoms with Crippen LogP contribution in [0, 0.1) is 0 Å². The topological polar surface area (TPSA) is 116 Å². The van der Waals surface area contributed by atoms with Crippen LogP contribution in [0.15, 0.2) is 30.3 Å². The van der Waals surface area contributed by atoms with Gasteiger partial charge in [0.05, 0.1) is 11.7 Å². The van der Waals surface area contributed by atoms with Crippen molar-refractivity contribution in [3.8, 4) is 0 Å². The fourth-order valence-corrected chi connectivity index (χ4v) is 4.72. The number of aliphatic carboxylic acids is 1. The first kappa shape index (κ1) is 16.2. The van der Waals surface area contributed by atoms with E-state index >= 15 is 0 Å². The highest BCUT2D eigenvalue weighted by atomic mass is 32.2. The Morgan fingerprint density at radius 1 is 1.35 bits per heavy atom. The quantitative estimate of drug-likeness (QED) is 0.646. The Bertz CT molecular complexity index is 692. The van der Waals surface area contributed by atoms with Crippen molar-refractivity contribution < 1.29 is 18.3 Å². The van der Waals surface area contributed by atoms with Crippen molar-refractivity contribution in [3.05, 3.63) is 30.3 Å².